The number of rotatable bonds is 2. The number of nitrogens with two attached hydrogens (primary N) is 1. The molecule has 3 N–H and O–H groups in total. The first-order valence-electron chi connectivity index (χ1n) is 4.47. The number of aryl methyl sites for hydroxylation is 1. The molecule has 0 aliphatic carbocycles. The van der Waals surface area contributed by atoms with Crippen LogP contribution in [0.15, 0.2) is 30.5 Å². The van der Waals surface area contributed by atoms with E-state index in [9.17, 15) is 0 Å². The molecule has 0 aliphatic heterocycles. The number of aromatic nitrogens is 2. The molecule has 78 valence electrons. The molecule has 0 aliphatic rings. The molecule has 0 bridgehead atoms. The van der Waals surface area contributed by atoms with Crippen molar-refractivity contribution in [2.75, 3.05) is 11.1 Å². The van der Waals surface area contributed by atoms with E-state index in [1.165, 1.54) is 3.57 Å². The lowest BCUT2D eigenvalue weighted by Gasteiger charge is -2.03. The minimum Gasteiger partial charge on any atom is -0.394 e. The predicted octanol–water partition coefficient (Wildman–Crippen LogP) is 2.35. The predicted molar refractivity (Wildman–Crippen MR) is 70.1 cm³/mol. The average molecular weight is 314 g/mol. The standard InChI is InChI=1S/C10H11IN4/c1-15-6-9(12)10(14-15)13-8-4-2-3-7(11)5-8/h2-6H,12H2,1H3,(H,13,14). The summed E-state index contributed by atoms with van der Waals surface area (Å²) < 4.78 is 2.86. The molecule has 1 aromatic heterocycles. The number of nitrogens with zero attached hydrogens (tertiary/aromatic N) is 2. The second-order valence-electron chi connectivity index (χ2n) is 3.24. The molecule has 1 heterocycles. The molecule has 2 aromatic rings. The summed E-state index contributed by atoms with van der Waals surface area (Å²) in [5.74, 6) is 0.694. The zero-order valence-electron chi connectivity index (χ0n) is 8.24. The number of nitrogen functional groups attached to an aromatic ring is 1. The Morgan fingerprint density at radius 2 is 2.27 bits per heavy atom. The molecular weight excluding hydrogens is 303 g/mol. The Morgan fingerprint density at radius 3 is 2.87 bits per heavy atom. The van der Waals surface area contributed by atoms with Crippen molar-refractivity contribution in [1.29, 1.82) is 0 Å². The molecule has 0 radical (unpaired) electrons. The molecule has 1 aromatic carbocycles. The summed E-state index contributed by atoms with van der Waals surface area (Å²) in [5, 5.41) is 7.39. The molecular formula is C10H11IN4. The smallest absolute Gasteiger partial charge is 0.175 e. The van der Waals surface area contributed by atoms with Crippen LogP contribution in [-0.4, -0.2) is 9.78 Å². The van der Waals surface area contributed by atoms with Gasteiger partial charge >= 0.3 is 0 Å². The third-order valence-corrected chi connectivity index (χ3v) is 2.62. The van der Waals surface area contributed by atoms with E-state index in [0.29, 0.717) is 11.5 Å². The zero-order valence-corrected chi connectivity index (χ0v) is 10.4. The summed E-state index contributed by atoms with van der Waals surface area (Å²) in [5.41, 5.74) is 7.42. The highest BCUT2D eigenvalue weighted by Crippen LogP contribution is 2.21. The van der Waals surface area contributed by atoms with Gasteiger partial charge in [-0.1, -0.05) is 6.07 Å². The van der Waals surface area contributed by atoms with Crippen molar-refractivity contribution in [2.24, 2.45) is 7.05 Å². The van der Waals surface area contributed by atoms with Crippen LogP contribution in [0.1, 0.15) is 0 Å². The molecule has 0 atom stereocenters. The average Bonchev–Trinajstić information content (AvgIpc) is 2.45. The monoisotopic (exact) mass is 314 g/mol. The first-order chi connectivity index (χ1) is 7.15. The number of hydrogen-bond donors (Lipinski definition) is 2. The Morgan fingerprint density at radius 1 is 1.47 bits per heavy atom. The van der Waals surface area contributed by atoms with Gasteiger partial charge < -0.3 is 11.1 Å². The fraction of sp³-hybridized carbons (Fsp3) is 0.100. The SMILES string of the molecule is Cn1cc(N)c(Nc2cccc(I)c2)n1. The molecule has 15 heavy (non-hydrogen) atoms. The highest BCUT2D eigenvalue weighted by atomic mass is 127. The molecule has 0 unspecified atom stereocenters. The molecule has 0 saturated heterocycles. The molecule has 2 rings (SSSR count). The van der Waals surface area contributed by atoms with E-state index >= 15 is 0 Å². The fourth-order valence-electron chi connectivity index (χ4n) is 1.31. The minimum atomic E-state index is 0.649. The van der Waals surface area contributed by atoms with Gasteiger partial charge in [-0.15, -0.1) is 0 Å². The molecule has 0 amide bonds. The van der Waals surface area contributed by atoms with Gasteiger partial charge in [-0.05, 0) is 40.8 Å². The van der Waals surface area contributed by atoms with Crippen LogP contribution < -0.4 is 11.1 Å². The largest absolute Gasteiger partial charge is 0.394 e. The lowest BCUT2D eigenvalue weighted by Crippen LogP contribution is -1.95. The summed E-state index contributed by atoms with van der Waals surface area (Å²) in [6.45, 7) is 0. The lowest BCUT2D eigenvalue weighted by molar-refractivity contribution is 0.771. The van der Waals surface area contributed by atoms with Gasteiger partial charge in [0.25, 0.3) is 0 Å². The molecule has 5 heteroatoms. The van der Waals surface area contributed by atoms with Crippen LogP contribution in [0.5, 0.6) is 0 Å². The van der Waals surface area contributed by atoms with E-state index in [0.717, 1.165) is 5.69 Å². The van der Waals surface area contributed by atoms with Crippen molar-refractivity contribution in [2.45, 2.75) is 0 Å². The van der Waals surface area contributed by atoms with Crippen molar-refractivity contribution in [1.82, 2.24) is 9.78 Å². The Bertz CT molecular complexity index is 478. The molecule has 0 saturated carbocycles. The summed E-state index contributed by atoms with van der Waals surface area (Å²) >= 11 is 2.27. The number of anilines is 3. The van der Waals surface area contributed by atoms with E-state index < -0.39 is 0 Å². The zero-order chi connectivity index (χ0) is 10.8. The third-order valence-electron chi connectivity index (χ3n) is 1.94. The number of halogens is 1. The number of hydrogen-bond acceptors (Lipinski definition) is 3. The Hall–Kier alpha value is -1.24. The Labute approximate surface area is 102 Å². The maximum atomic E-state index is 5.78. The van der Waals surface area contributed by atoms with Crippen LogP contribution in [0.3, 0.4) is 0 Å². The van der Waals surface area contributed by atoms with Crippen molar-refractivity contribution in [3.8, 4) is 0 Å². The Kier molecular flexibility index (Phi) is 2.81. The second-order valence-corrected chi connectivity index (χ2v) is 4.49. The van der Waals surface area contributed by atoms with Crippen LogP contribution in [0.4, 0.5) is 17.2 Å². The van der Waals surface area contributed by atoms with Gasteiger partial charge in [0.15, 0.2) is 5.82 Å². The van der Waals surface area contributed by atoms with Gasteiger partial charge in [-0.25, -0.2) is 0 Å². The van der Waals surface area contributed by atoms with Crippen molar-refractivity contribution in [3.63, 3.8) is 0 Å². The fourth-order valence-corrected chi connectivity index (χ4v) is 1.85. The first kappa shape index (κ1) is 10.3. The third kappa shape index (κ3) is 2.41. The van der Waals surface area contributed by atoms with Crippen LogP contribution in [0.2, 0.25) is 0 Å². The topological polar surface area (TPSA) is 55.9 Å². The van der Waals surface area contributed by atoms with Gasteiger partial charge in [0, 0.05) is 22.5 Å². The lowest BCUT2D eigenvalue weighted by atomic mass is 10.3. The van der Waals surface area contributed by atoms with E-state index in [4.69, 9.17) is 5.73 Å². The quantitative estimate of drug-likeness (QED) is 0.837. The van der Waals surface area contributed by atoms with Gasteiger partial charge in [0.05, 0.1) is 5.69 Å². The van der Waals surface area contributed by atoms with Gasteiger partial charge in [-0.3, -0.25) is 4.68 Å². The molecule has 0 fully saturated rings. The maximum Gasteiger partial charge on any atom is 0.175 e. The highest BCUT2D eigenvalue weighted by Gasteiger charge is 2.03. The number of nitrogens with one attached hydrogen (secondary N) is 1. The van der Waals surface area contributed by atoms with Crippen LogP contribution >= 0.6 is 22.6 Å². The molecule has 4 nitrogen and oxygen atoms in total. The molecule has 0 spiro atoms. The van der Waals surface area contributed by atoms with E-state index in [1.54, 1.807) is 10.9 Å². The van der Waals surface area contributed by atoms with E-state index in [-0.39, 0.29) is 0 Å². The maximum absolute atomic E-state index is 5.78. The van der Waals surface area contributed by atoms with Crippen molar-refractivity contribution in [3.05, 3.63) is 34.0 Å². The van der Waals surface area contributed by atoms with Gasteiger partial charge in [0.1, 0.15) is 0 Å². The minimum absolute atomic E-state index is 0.649. The van der Waals surface area contributed by atoms with Crippen LogP contribution in [0, 0.1) is 3.57 Å². The summed E-state index contributed by atoms with van der Waals surface area (Å²) in [6.07, 6.45) is 1.77. The van der Waals surface area contributed by atoms with Crippen molar-refractivity contribution < 1.29 is 0 Å². The normalized spacial score (nSPS) is 10.3. The van der Waals surface area contributed by atoms with Gasteiger partial charge in [-0.2, -0.15) is 5.10 Å². The van der Waals surface area contributed by atoms with Crippen LogP contribution in [0.25, 0.3) is 0 Å². The van der Waals surface area contributed by atoms with Gasteiger partial charge in [0.2, 0.25) is 0 Å². The van der Waals surface area contributed by atoms with E-state index in [1.807, 2.05) is 31.3 Å². The van der Waals surface area contributed by atoms with Crippen molar-refractivity contribution >= 4 is 39.8 Å². The van der Waals surface area contributed by atoms with E-state index in [2.05, 4.69) is 33.0 Å². The second kappa shape index (κ2) is 4.09. The van der Waals surface area contributed by atoms with Crippen LogP contribution in [-0.2, 0) is 7.05 Å². The summed E-state index contributed by atoms with van der Waals surface area (Å²) in [7, 11) is 1.84. The summed E-state index contributed by atoms with van der Waals surface area (Å²) in [6, 6.07) is 8.04. The summed E-state index contributed by atoms with van der Waals surface area (Å²) in [4.78, 5) is 0. The first-order valence-corrected chi connectivity index (χ1v) is 5.55. The Balaban J connectivity index is 2.25. The highest BCUT2D eigenvalue weighted by molar-refractivity contribution is 14.1. The number of benzene rings is 1.